The zero-order valence-electron chi connectivity index (χ0n) is 16.3. The van der Waals surface area contributed by atoms with Crippen LogP contribution in [0.1, 0.15) is 28.8 Å². The first-order valence-corrected chi connectivity index (χ1v) is 9.36. The van der Waals surface area contributed by atoms with Gasteiger partial charge in [-0.3, -0.25) is 0 Å². The van der Waals surface area contributed by atoms with E-state index in [-0.39, 0.29) is 34.5 Å². The zero-order valence-corrected chi connectivity index (χ0v) is 17.1. The molecule has 0 amide bonds. The molecule has 7 nitrogen and oxygen atoms in total. The lowest BCUT2D eigenvalue weighted by Gasteiger charge is -2.12. The maximum atomic E-state index is 12.5. The van der Waals surface area contributed by atoms with E-state index in [1.807, 2.05) is 18.2 Å². The number of rotatable bonds is 8. The Labute approximate surface area is 178 Å². The minimum absolute atomic E-state index is 0.0192. The largest absolute Gasteiger partial charge is 0.493 e. The van der Waals surface area contributed by atoms with Gasteiger partial charge < -0.3 is 23.4 Å². The molecule has 30 heavy (non-hydrogen) atoms. The molecule has 154 valence electrons. The molecular formula is C22H18ClNO6. The highest BCUT2D eigenvalue weighted by atomic mass is 35.5. The van der Waals surface area contributed by atoms with E-state index in [0.717, 1.165) is 0 Å². The van der Waals surface area contributed by atoms with Crippen molar-refractivity contribution in [1.82, 2.24) is 0 Å². The van der Waals surface area contributed by atoms with Gasteiger partial charge >= 0.3 is 5.97 Å². The van der Waals surface area contributed by atoms with E-state index in [2.05, 4.69) is 0 Å². The molecule has 0 aliphatic carbocycles. The van der Waals surface area contributed by atoms with Crippen molar-refractivity contribution < 1.29 is 28.2 Å². The first-order valence-electron chi connectivity index (χ1n) is 8.98. The standard InChI is InChI=1S/C22H18ClNO6/c1-3-27-20-11-14(12-24)10-16(23)21(20)30-22(25)19-9-8-15(29-19)13-28-18-7-5-4-6-17(18)26-2/h4-11H,3,13H2,1-2H3. The van der Waals surface area contributed by atoms with E-state index >= 15 is 0 Å². The fourth-order valence-electron chi connectivity index (χ4n) is 2.59. The number of benzene rings is 2. The quantitative estimate of drug-likeness (QED) is 0.368. The second-order valence-electron chi connectivity index (χ2n) is 5.93. The van der Waals surface area contributed by atoms with Crippen LogP contribution in [-0.2, 0) is 6.61 Å². The van der Waals surface area contributed by atoms with Gasteiger partial charge in [0.05, 0.1) is 30.4 Å². The van der Waals surface area contributed by atoms with Gasteiger partial charge in [0.1, 0.15) is 12.4 Å². The van der Waals surface area contributed by atoms with Gasteiger partial charge in [0.2, 0.25) is 5.76 Å². The van der Waals surface area contributed by atoms with E-state index < -0.39 is 5.97 Å². The number of nitriles is 1. The van der Waals surface area contributed by atoms with Crippen molar-refractivity contribution in [2.45, 2.75) is 13.5 Å². The number of hydrogen-bond acceptors (Lipinski definition) is 7. The number of furan rings is 1. The van der Waals surface area contributed by atoms with Crippen molar-refractivity contribution in [3.63, 3.8) is 0 Å². The van der Waals surface area contributed by atoms with Gasteiger partial charge in [-0.05, 0) is 37.3 Å². The Balaban J connectivity index is 1.72. The number of carbonyl (C=O) groups is 1. The predicted octanol–water partition coefficient (Wildman–Crippen LogP) is 5.01. The molecule has 1 aromatic heterocycles. The maximum absolute atomic E-state index is 12.5. The third kappa shape index (κ3) is 4.85. The third-order valence-corrected chi connectivity index (χ3v) is 4.22. The average molecular weight is 428 g/mol. The second kappa shape index (κ2) is 9.72. The summed E-state index contributed by atoms with van der Waals surface area (Å²) in [6, 6.07) is 15.1. The number of nitrogens with zero attached hydrogens (tertiary/aromatic N) is 1. The van der Waals surface area contributed by atoms with Crippen LogP contribution < -0.4 is 18.9 Å². The molecule has 0 saturated heterocycles. The lowest BCUT2D eigenvalue weighted by molar-refractivity contribution is 0.0691. The zero-order chi connectivity index (χ0) is 21.5. The molecule has 0 atom stereocenters. The van der Waals surface area contributed by atoms with Gasteiger partial charge in [-0.15, -0.1) is 0 Å². The Hall–Kier alpha value is -3.63. The molecule has 3 rings (SSSR count). The minimum atomic E-state index is -0.758. The summed E-state index contributed by atoms with van der Waals surface area (Å²) >= 11 is 6.16. The maximum Gasteiger partial charge on any atom is 0.379 e. The van der Waals surface area contributed by atoms with E-state index in [9.17, 15) is 4.79 Å². The van der Waals surface area contributed by atoms with Crippen LogP contribution >= 0.6 is 11.6 Å². The molecule has 0 N–H and O–H groups in total. The Morgan fingerprint density at radius 2 is 1.87 bits per heavy atom. The topological polar surface area (TPSA) is 90.9 Å². The molecule has 0 spiro atoms. The van der Waals surface area contributed by atoms with E-state index in [4.69, 9.17) is 40.2 Å². The molecule has 2 aromatic carbocycles. The Kier molecular flexibility index (Phi) is 6.83. The first kappa shape index (κ1) is 21.1. The van der Waals surface area contributed by atoms with Gasteiger partial charge in [-0.2, -0.15) is 5.26 Å². The van der Waals surface area contributed by atoms with Crippen molar-refractivity contribution >= 4 is 17.6 Å². The Bertz CT molecular complexity index is 1090. The molecule has 0 unspecified atom stereocenters. The molecule has 3 aromatic rings. The Morgan fingerprint density at radius 1 is 1.10 bits per heavy atom. The van der Waals surface area contributed by atoms with Crippen LogP contribution in [0, 0.1) is 11.3 Å². The first-order chi connectivity index (χ1) is 14.5. The van der Waals surface area contributed by atoms with Gasteiger partial charge in [-0.25, -0.2) is 4.79 Å². The second-order valence-corrected chi connectivity index (χ2v) is 6.33. The smallest absolute Gasteiger partial charge is 0.379 e. The molecule has 1 heterocycles. The fourth-order valence-corrected chi connectivity index (χ4v) is 2.84. The highest BCUT2D eigenvalue weighted by Gasteiger charge is 2.20. The van der Waals surface area contributed by atoms with Gasteiger partial charge in [-0.1, -0.05) is 23.7 Å². The summed E-state index contributed by atoms with van der Waals surface area (Å²) in [4.78, 5) is 12.5. The van der Waals surface area contributed by atoms with Gasteiger partial charge in [0.15, 0.2) is 23.0 Å². The van der Waals surface area contributed by atoms with Gasteiger partial charge in [0.25, 0.3) is 0 Å². The van der Waals surface area contributed by atoms with Crippen molar-refractivity contribution in [2.75, 3.05) is 13.7 Å². The van der Waals surface area contributed by atoms with Crippen LogP contribution in [0.2, 0.25) is 5.02 Å². The lowest BCUT2D eigenvalue weighted by Crippen LogP contribution is -2.09. The van der Waals surface area contributed by atoms with Crippen LogP contribution in [0.25, 0.3) is 0 Å². The summed E-state index contributed by atoms with van der Waals surface area (Å²) in [6.07, 6.45) is 0. The summed E-state index contributed by atoms with van der Waals surface area (Å²) in [5, 5.41) is 9.15. The monoisotopic (exact) mass is 427 g/mol. The lowest BCUT2D eigenvalue weighted by atomic mass is 10.2. The van der Waals surface area contributed by atoms with Crippen LogP contribution in [0.15, 0.2) is 52.9 Å². The molecule has 0 fully saturated rings. The summed E-state index contributed by atoms with van der Waals surface area (Å²) < 4.78 is 27.2. The molecular weight excluding hydrogens is 410 g/mol. The number of ether oxygens (including phenoxy) is 4. The Morgan fingerprint density at radius 3 is 2.57 bits per heavy atom. The van der Waals surface area contributed by atoms with Crippen LogP contribution in [0.3, 0.4) is 0 Å². The van der Waals surface area contributed by atoms with Crippen molar-refractivity contribution in [3.8, 4) is 29.1 Å². The SMILES string of the molecule is CCOc1cc(C#N)cc(Cl)c1OC(=O)c1ccc(COc2ccccc2OC)o1. The molecule has 0 radical (unpaired) electrons. The number of para-hydroxylation sites is 2. The molecule has 8 heteroatoms. The van der Waals surface area contributed by atoms with Gasteiger partial charge in [0, 0.05) is 6.07 Å². The molecule has 0 bridgehead atoms. The highest BCUT2D eigenvalue weighted by molar-refractivity contribution is 6.32. The summed E-state index contributed by atoms with van der Waals surface area (Å²) in [6.45, 7) is 2.16. The highest BCUT2D eigenvalue weighted by Crippen LogP contribution is 2.37. The van der Waals surface area contributed by atoms with Crippen LogP contribution in [0.5, 0.6) is 23.0 Å². The number of methoxy groups -OCH3 is 1. The number of carbonyl (C=O) groups excluding carboxylic acids is 1. The van der Waals surface area contributed by atoms with Crippen LogP contribution in [0.4, 0.5) is 0 Å². The number of halogens is 1. The predicted molar refractivity (Wildman–Crippen MR) is 108 cm³/mol. The van der Waals surface area contributed by atoms with Crippen LogP contribution in [-0.4, -0.2) is 19.7 Å². The fraction of sp³-hybridized carbons (Fsp3) is 0.182. The number of esters is 1. The van der Waals surface area contributed by atoms with Crippen molar-refractivity contribution in [2.24, 2.45) is 0 Å². The molecule has 0 aliphatic rings. The van der Waals surface area contributed by atoms with E-state index in [1.165, 1.54) is 18.2 Å². The van der Waals surface area contributed by atoms with E-state index in [0.29, 0.717) is 23.9 Å². The summed E-state index contributed by atoms with van der Waals surface area (Å²) in [5.41, 5.74) is 0.289. The number of hydrogen-bond donors (Lipinski definition) is 0. The normalized spacial score (nSPS) is 10.2. The third-order valence-electron chi connectivity index (χ3n) is 3.94. The molecule has 0 aliphatic heterocycles. The summed E-state index contributed by atoms with van der Waals surface area (Å²) in [5.74, 6) is 0.979. The summed E-state index contributed by atoms with van der Waals surface area (Å²) in [7, 11) is 1.55. The minimum Gasteiger partial charge on any atom is -0.493 e. The average Bonchev–Trinajstić information content (AvgIpc) is 3.24. The molecule has 0 saturated carbocycles. The van der Waals surface area contributed by atoms with Crippen molar-refractivity contribution in [3.05, 3.63) is 70.6 Å². The van der Waals surface area contributed by atoms with Crippen molar-refractivity contribution in [1.29, 1.82) is 5.26 Å². The van der Waals surface area contributed by atoms with E-state index in [1.54, 1.807) is 32.2 Å².